The van der Waals surface area contributed by atoms with Crippen molar-refractivity contribution in [2.75, 3.05) is 38.7 Å². The zero-order valence-corrected chi connectivity index (χ0v) is 16.9. The fraction of sp³-hybridized carbons (Fsp3) is 0.400. The Morgan fingerprint density at radius 1 is 1.13 bits per heavy atom. The van der Waals surface area contributed by atoms with Crippen molar-refractivity contribution in [1.82, 2.24) is 4.90 Å². The Labute approximate surface area is 172 Å². The number of nitrogens with zero attached hydrogens (tertiary/aromatic N) is 1. The highest BCUT2D eigenvalue weighted by atomic mass is 16.7. The maximum Gasteiger partial charge on any atom is 0.350 e. The number of esters is 3. The predicted octanol–water partition coefficient (Wildman–Crippen LogP) is 1.08. The highest BCUT2D eigenvalue weighted by Crippen LogP contribution is 2.24. The summed E-state index contributed by atoms with van der Waals surface area (Å²) in [7, 11) is 1.22. The van der Waals surface area contributed by atoms with Crippen LogP contribution in [0.25, 0.3) is 0 Å². The van der Waals surface area contributed by atoms with Crippen molar-refractivity contribution in [3.8, 4) is 0 Å². The molecule has 0 aliphatic carbocycles. The summed E-state index contributed by atoms with van der Waals surface area (Å²) in [6, 6.07) is 4.39. The lowest BCUT2D eigenvalue weighted by atomic mass is 10.1. The number of anilines is 1. The first kappa shape index (κ1) is 21.3. The summed E-state index contributed by atoms with van der Waals surface area (Å²) < 4.78 is 20.1. The molecule has 2 fully saturated rings. The number of ether oxygens (including phenoxy) is 4. The van der Waals surface area contributed by atoms with E-state index in [1.807, 2.05) is 0 Å². The lowest BCUT2D eigenvalue weighted by Crippen LogP contribution is -2.42. The van der Waals surface area contributed by atoms with E-state index in [1.165, 1.54) is 39.2 Å². The normalized spacial score (nSPS) is 18.2. The molecule has 160 valence electrons. The van der Waals surface area contributed by atoms with Crippen LogP contribution in [0.4, 0.5) is 5.69 Å². The molecule has 0 saturated carbocycles. The smallest absolute Gasteiger partial charge is 0.350 e. The number of carbonyl (C=O) groups excluding carboxylic acids is 4. The molecular weight excluding hydrogens is 396 g/mol. The number of cyclic esters (lactones) is 2. The Kier molecular flexibility index (Phi) is 6.06. The summed E-state index contributed by atoms with van der Waals surface area (Å²) in [5, 5.41) is 2.72. The van der Waals surface area contributed by atoms with Crippen molar-refractivity contribution < 1.29 is 38.1 Å². The van der Waals surface area contributed by atoms with E-state index >= 15 is 0 Å². The Hall–Kier alpha value is -3.40. The molecule has 1 aromatic carbocycles. The molecule has 1 aromatic rings. The van der Waals surface area contributed by atoms with Crippen molar-refractivity contribution >= 4 is 29.5 Å². The molecule has 0 spiro atoms. The van der Waals surface area contributed by atoms with E-state index < -0.39 is 23.7 Å². The van der Waals surface area contributed by atoms with Gasteiger partial charge in [-0.25, -0.2) is 14.4 Å². The second kappa shape index (κ2) is 8.54. The molecule has 10 nitrogen and oxygen atoms in total. The average molecular weight is 418 g/mol. The predicted molar refractivity (Wildman–Crippen MR) is 102 cm³/mol. The lowest BCUT2D eigenvalue weighted by molar-refractivity contribution is -0.222. The minimum absolute atomic E-state index is 0.116. The number of carbonyl (C=O) groups is 4. The first-order valence-corrected chi connectivity index (χ1v) is 9.24. The van der Waals surface area contributed by atoms with Crippen LogP contribution in [0.15, 0.2) is 30.0 Å². The number of rotatable bonds is 4. The molecule has 3 rings (SSSR count). The second-order valence-corrected chi connectivity index (χ2v) is 7.04. The van der Waals surface area contributed by atoms with Crippen molar-refractivity contribution in [2.24, 2.45) is 0 Å². The first-order chi connectivity index (χ1) is 14.2. The molecule has 30 heavy (non-hydrogen) atoms. The van der Waals surface area contributed by atoms with Crippen LogP contribution >= 0.6 is 0 Å². The highest BCUT2D eigenvalue weighted by Gasteiger charge is 2.39. The number of benzene rings is 1. The van der Waals surface area contributed by atoms with Crippen LogP contribution in [0.2, 0.25) is 0 Å². The van der Waals surface area contributed by atoms with Gasteiger partial charge in [-0.1, -0.05) is 0 Å². The largest absolute Gasteiger partial charge is 0.465 e. The zero-order chi connectivity index (χ0) is 21.9. The van der Waals surface area contributed by atoms with E-state index in [0.29, 0.717) is 31.9 Å². The topological polar surface area (TPSA) is 120 Å². The monoisotopic (exact) mass is 418 g/mol. The molecule has 0 unspecified atom stereocenters. The van der Waals surface area contributed by atoms with Gasteiger partial charge in [-0.3, -0.25) is 4.79 Å². The van der Waals surface area contributed by atoms with Gasteiger partial charge in [-0.2, -0.15) is 0 Å². The minimum atomic E-state index is -1.37. The van der Waals surface area contributed by atoms with E-state index in [4.69, 9.17) is 18.9 Å². The van der Waals surface area contributed by atoms with E-state index in [0.717, 1.165) is 6.20 Å². The minimum Gasteiger partial charge on any atom is -0.465 e. The van der Waals surface area contributed by atoms with Gasteiger partial charge in [0.15, 0.2) is 5.57 Å². The molecule has 0 radical (unpaired) electrons. The van der Waals surface area contributed by atoms with E-state index in [-0.39, 0.29) is 22.7 Å². The van der Waals surface area contributed by atoms with Crippen LogP contribution in [0.5, 0.6) is 0 Å². The zero-order valence-electron chi connectivity index (χ0n) is 16.9. The van der Waals surface area contributed by atoms with E-state index in [1.54, 1.807) is 4.90 Å². The quantitative estimate of drug-likeness (QED) is 0.435. The molecule has 10 heteroatoms. The van der Waals surface area contributed by atoms with Crippen molar-refractivity contribution in [2.45, 2.75) is 19.6 Å². The SMILES string of the molecule is COC(=O)c1ccc(C(=O)N2CCOCC2)cc1NC=C1C(=O)OC(C)(C)OC1=O. The third kappa shape index (κ3) is 4.60. The van der Waals surface area contributed by atoms with Crippen molar-refractivity contribution in [3.05, 3.63) is 41.1 Å². The molecule has 1 amide bonds. The number of methoxy groups -OCH3 is 1. The molecule has 2 aliphatic heterocycles. The molecule has 2 heterocycles. The fourth-order valence-electron chi connectivity index (χ4n) is 2.96. The van der Waals surface area contributed by atoms with Gasteiger partial charge < -0.3 is 29.2 Å². The number of hydrogen-bond acceptors (Lipinski definition) is 9. The van der Waals surface area contributed by atoms with E-state index in [2.05, 4.69) is 5.32 Å². The van der Waals surface area contributed by atoms with Crippen LogP contribution < -0.4 is 5.32 Å². The molecule has 2 saturated heterocycles. The molecule has 0 aromatic heterocycles. The number of morpholine rings is 1. The highest BCUT2D eigenvalue weighted by molar-refractivity contribution is 6.15. The van der Waals surface area contributed by atoms with E-state index in [9.17, 15) is 19.2 Å². The van der Waals surface area contributed by atoms with Gasteiger partial charge >= 0.3 is 17.9 Å². The third-order valence-electron chi connectivity index (χ3n) is 4.46. The van der Waals surface area contributed by atoms with Crippen LogP contribution in [0, 0.1) is 0 Å². The Balaban J connectivity index is 1.89. The summed E-state index contributed by atoms with van der Waals surface area (Å²) in [6.07, 6.45) is 1.07. The summed E-state index contributed by atoms with van der Waals surface area (Å²) in [5.74, 6) is -4.00. The summed E-state index contributed by atoms with van der Waals surface area (Å²) >= 11 is 0. The van der Waals surface area contributed by atoms with Crippen molar-refractivity contribution in [1.29, 1.82) is 0 Å². The molecule has 0 bridgehead atoms. The number of hydrogen-bond donors (Lipinski definition) is 1. The Bertz CT molecular complexity index is 893. The number of amides is 1. The first-order valence-electron chi connectivity index (χ1n) is 9.24. The standard InChI is InChI=1S/C20H22N2O8/c1-20(2)29-18(25)14(19(26)30-20)11-21-15-10-12(4-5-13(15)17(24)27-3)16(23)22-6-8-28-9-7-22/h4-5,10-11,21H,6-9H2,1-3H3. The maximum atomic E-state index is 12.7. The Morgan fingerprint density at radius 3 is 2.37 bits per heavy atom. The van der Waals surface area contributed by atoms with Crippen LogP contribution in [-0.4, -0.2) is 67.9 Å². The average Bonchev–Trinajstić information content (AvgIpc) is 2.71. The molecule has 0 atom stereocenters. The fourth-order valence-corrected chi connectivity index (χ4v) is 2.96. The van der Waals surface area contributed by atoms with Crippen LogP contribution in [0.1, 0.15) is 34.6 Å². The van der Waals surface area contributed by atoms with Gasteiger partial charge in [0, 0.05) is 38.7 Å². The summed E-state index contributed by atoms with van der Waals surface area (Å²) in [4.78, 5) is 50.7. The third-order valence-corrected chi connectivity index (χ3v) is 4.46. The summed E-state index contributed by atoms with van der Waals surface area (Å²) in [6.45, 7) is 4.68. The molecule has 2 aliphatic rings. The maximum absolute atomic E-state index is 12.7. The molecular formula is C20H22N2O8. The molecule has 1 N–H and O–H groups in total. The van der Waals surface area contributed by atoms with Crippen molar-refractivity contribution in [3.63, 3.8) is 0 Å². The van der Waals surface area contributed by atoms with Gasteiger partial charge in [0.1, 0.15) is 0 Å². The van der Waals surface area contributed by atoms with Crippen LogP contribution in [-0.2, 0) is 28.5 Å². The van der Waals surface area contributed by atoms with Crippen LogP contribution in [0.3, 0.4) is 0 Å². The Morgan fingerprint density at radius 2 is 1.77 bits per heavy atom. The van der Waals surface area contributed by atoms with Gasteiger partial charge in [0.05, 0.1) is 31.6 Å². The summed E-state index contributed by atoms with van der Waals surface area (Å²) in [5.41, 5.74) is 0.236. The van der Waals surface area contributed by atoms with Gasteiger partial charge in [0.2, 0.25) is 0 Å². The van der Waals surface area contributed by atoms with Gasteiger partial charge in [0.25, 0.3) is 11.7 Å². The van der Waals surface area contributed by atoms with Gasteiger partial charge in [-0.05, 0) is 18.2 Å². The number of nitrogens with one attached hydrogen (secondary N) is 1. The second-order valence-electron chi connectivity index (χ2n) is 7.04. The van der Waals surface area contributed by atoms with Gasteiger partial charge in [-0.15, -0.1) is 0 Å². The lowest BCUT2D eigenvalue weighted by Gasteiger charge is -2.29.